The van der Waals surface area contributed by atoms with Gasteiger partial charge in [0.05, 0.1) is 7.11 Å². The molecule has 1 rings (SSSR count). The molecule has 144 valence electrons. The van der Waals surface area contributed by atoms with Crippen molar-refractivity contribution in [3.8, 4) is 0 Å². The van der Waals surface area contributed by atoms with Crippen LogP contribution < -0.4 is 5.73 Å². The molecule has 4 heteroatoms. The van der Waals surface area contributed by atoms with Gasteiger partial charge in [0.2, 0.25) is 0 Å². The molecule has 0 fully saturated rings. The van der Waals surface area contributed by atoms with Gasteiger partial charge in [-0.1, -0.05) is 71.9 Å². The minimum atomic E-state index is -0.237. The first kappa shape index (κ1) is 27.3. The number of carbonyl (C=O) groups excluding carboxylic acids is 1. The van der Waals surface area contributed by atoms with Gasteiger partial charge in [-0.05, 0) is 25.3 Å². The van der Waals surface area contributed by atoms with Crippen LogP contribution in [0.4, 0.5) is 4.79 Å². The highest BCUT2D eigenvalue weighted by Gasteiger charge is 2.17. The number of carbonyl (C=O) groups is 1. The zero-order valence-electron chi connectivity index (χ0n) is 17.3. The Labute approximate surface area is 151 Å². The van der Waals surface area contributed by atoms with Gasteiger partial charge in [-0.2, -0.15) is 0 Å². The number of hydrogen-bond donors (Lipinski definition) is 1. The summed E-state index contributed by atoms with van der Waals surface area (Å²) in [6.07, 6.45) is -0.237. The van der Waals surface area contributed by atoms with Crippen molar-refractivity contribution in [2.45, 2.75) is 68.0 Å². The molecule has 0 aliphatic rings. The maximum Gasteiger partial charge on any atom is 0.409 e. The van der Waals surface area contributed by atoms with Crippen molar-refractivity contribution in [1.29, 1.82) is 0 Å². The van der Waals surface area contributed by atoms with Crippen molar-refractivity contribution in [2.24, 2.45) is 11.7 Å². The fourth-order valence-corrected chi connectivity index (χ4v) is 1.62. The molecule has 0 unspecified atom stereocenters. The number of benzene rings is 1. The lowest BCUT2D eigenvalue weighted by molar-refractivity contribution is 0.105. The fourth-order valence-electron chi connectivity index (χ4n) is 1.62. The Kier molecular flexibility index (Phi) is 22.2. The van der Waals surface area contributed by atoms with Gasteiger partial charge in [-0.3, -0.25) is 0 Å². The van der Waals surface area contributed by atoms with Crippen molar-refractivity contribution in [1.82, 2.24) is 4.90 Å². The van der Waals surface area contributed by atoms with E-state index in [4.69, 9.17) is 5.73 Å². The Morgan fingerprint density at radius 3 is 1.79 bits per heavy atom. The zero-order chi connectivity index (χ0) is 19.5. The van der Waals surface area contributed by atoms with Crippen LogP contribution in [0.5, 0.6) is 0 Å². The second-order valence-electron chi connectivity index (χ2n) is 5.30. The first-order chi connectivity index (χ1) is 11.4. The molecule has 1 aromatic rings. The number of rotatable bonds is 4. The first-order valence-corrected chi connectivity index (χ1v) is 9.00. The molecule has 4 nitrogen and oxygen atoms in total. The van der Waals surface area contributed by atoms with Crippen LogP contribution in [0.3, 0.4) is 0 Å². The zero-order valence-corrected chi connectivity index (χ0v) is 17.3. The van der Waals surface area contributed by atoms with E-state index in [0.717, 1.165) is 6.54 Å². The number of hydrogen-bond acceptors (Lipinski definition) is 3. The SMILES string of the molecule is CC.CC.COC(=O)N(CC(C)C)C(C)C.NCc1ccccc1.[HH]. The van der Waals surface area contributed by atoms with Crippen LogP contribution in [0.1, 0.15) is 62.4 Å². The Morgan fingerprint density at radius 1 is 1.08 bits per heavy atom. The van der Waals surface area contributed by atoms with Crippen LogP contribution >= 0.6 is 0 Å². The minimum absolute atomic E-state index is 0. The lowest BCUT2D eigenvalue weighted by Gasteiger charge is -2.26. The molecule has 0 aliphatic carbocycles. The second-order valence-corrected chi connectivity index (χ2v) is 5.30. The number of ether oxygens (including phenoxy) is 1. The van der Waals surface area contributed by atoms with Crippen LogP contribution in [0.2, 0.25) is 0 Å². The summed E-state index contributed by atoms with van der Waals surface area (Å²) in [4.78, 5) is 12.9. The van der Waals surface area contributed by atoms with Gasteiger partial charge in [-0.15, -0.1) is 0 Å². The Bertz CT molecular complexity index is 371. The summed E-state index contributed by atoms with van der Waals surface area (Å²) in [5.74, 6) is 0.478. The van der Waals surface area contributed by atoms with Gasteiger partial charge >= 0.3 is 6.09 Å². The lowest BCUT2D eigenvalue weighted by Crippen LogP contribution is -2.39. The molecule has 0 heterocycles. The number of amides is 1. The molecule has 0 radical (unpaired) electrons. The molecule has 0 spiro atoms. The Hall–Kier alpha value is -1.55. The van der Waals surface area contributed by atoms with E-state index in [0.29, 0.717) is 12.5 Å². The maximum absolute atomic E-state index is 11.2. The van der Waals surface area contributed by atoms with E-state index in [1.165, 1.54) is 12.7 Å². The predicted octanol–water partition coefficient (Wildman–Crippen LogP) is 5.56. The monoisotopic (exact) mass is 342 g/mol. The molecule has 1 aromatic carbocycles. The van der Waals surface area contributed by atoms with Crippen LogP contribution in [-0.2, 0) is 11.3 Å². The summed E-state index contributed by atoms with van der Waals surface area (Å²) in [5, 5.41) is 0. The molecule has 0 bridgehead atoms. The second kappa shape index (κ2) is 19.5. The van der Waals surface area contributed by atoms with E-state index >= 15 is 0 Å². The molecule has 0 aliphatic heterocycles. The lowest BCUT2D eigenvalue weighted by atomic mass is 10.2. The van der Waals surface area contributed by atoms with Crippen molar-refractivity contribution < 1.29 is 11.0 Å². The molecule has 0 saturated heterocycles. The molecule has 0 aromatic heterocycles. The molecular weight excluding hydrogens is 300 g/mol. The average Bonchev–Trinajstić information content (AvgIpc) is 2.63. The third kappa shape index (κ3) is 15.3. The van der Waals surface area contributed by atoms with Gasteiger partial charge in [0.25, 0.3) is 0 Å². The van der Waals surface area contributed by atoms with Crippen molar-refractivity contribution in [2.75, 3.05) is 13.7 Å². The van der Waals surface area contributed by atoms with Crippen molar-refractivity contribution >= 4 is 6.09 Å². The summed E-state index contributed by atoms with van der Waals surface area (Å²) in [7, 11) is 1.41. The molecule has 1 amide bonds. The summed E-state index contributed by atoms with van der Waals surface area (Å²) in [6.45, 7) is 17.5. The molecule has 24 heavy (non-hydrogen) atoms. The highest BCUT2D eigenvalue weighted by molar-refractivity contribution is 5.67. The number of nitrogens with zero attached hydrogens (tertiary/aromatic N) is 1. The van der Waals surface area contributed by atoms with Crippen LogP contribution in [0, 0.1) is 5.92 Å². The van der Waals surface area contributed by atoms with E-state index in [2.05, 4.69) is 18.6 Å². The molecular formula is C20H42N2O2. The third-order valence-corrected chi connectivity index (χ3v) is 2.67. The van der Waals surface area contributed by atoms with E-state index in [1.807, 2.05) is 71.9 Å². The molecule has 2 N–H and O–H groups in total. The fraction of sp³-hybridized carbons (Fsp3) is 0.650. The number of nitrogens with two attached hydrogens (primary N) is 1. The summed E-state index contributed by atoms with van der Waals surface area (Å²) in [5.41, 5.74) is 6.54. The van der Waals surface area contributed by atoms with Crippen molar-refractivity contribution in [3.05, 3.63) is 35.9 Å². The van der Waals surface area contributed by atoms with E-state index in [-0.39, 0.29) is 13.6 Å². The normalized spacial score (nSPS) is 8.83. The quantitative estimate of drug-likeness (QED) is 0.779. The third-order valence-electron chi connectivity index (χ3n) is 2.67. The topological polar surface area (TPSA) is 55.6 Å². The largest absolute Gasteiger partial charge is 0.453 e. The standard InChI is InChI=1S/C9H19NO2.C7H9N.2C2H6.H2/c1-7(2)6-10(8(3)4)9(11)12-5;8-6-7-4-2-1-3-5-7;2*1-2;/h7-8H,6H2,1-5H3;1-5H,6,8H2;2*1-2H3;1H. The average molecular weight is 343 g/mol. The van der Waals surface area contributed by atoms with Gasteiger partial charge < -0.3 is 15.4 Å². The van der Waals surface area contributed by atoms with Gasteiger partial charge in [-0.25, -0.2) is 4.79 Å². The highest BCUT2D eigenvalue weighted by Crippen LogP contribution is 2.05. The van der Waals surface area contributed by atoms with Gasteiger partial charge in [0.1, 0.15) is 0 Å². The van der Waals surface area contributed by atoms with Gasteiger partial charge in [0.15, 0.2) is 0 Å². The Balaban J connectivity index is -0.000000147. The smallest absolute Gasteiger partial charge is 0.409 e. The summed E-state index contributed by atoms with van der Waals surface area (Å²) in [6, 6.07) is 10.2. The Morgan fingerprint density at radius 2 is 1.54 bits per heavy atom. The summed E-state index contributed by atoms with van der Waals surface area (Å²) >= 11 is 0. The highest BCUT2D eigenvalue weighted by atomic mass is 16.5. The number of methoxy groups -OCH3 is 1. The summed E-state index contributed by atoms with van der Waals surface area (Å²) < 4.78 is 4.66. The van der Waals surface area contributed by atoms with Gasteiger partial charge in [0, 0.05) is 20.6 Å². The molecule has 0 saturated carbocycles. The van der Waals surface area contributed by atoms with Crippen LogP contribution in [-0.4, -0.2) is 30.7 Å². The van der Waals surface area contributed by atoms with E-state index < -0.39 is 0 Å². The maximum atomic E-state index is 11.2. The van der Waals surface area contributed by atoms with Crippen molar-refractivity contribution in [3.63, 3.8) is 0 Å². The predicted molar refractivity (Wildman–Crippen MR) is 108 cm³/mol. The van der Waals surface area contributed by atoms with Crippen LogP contribution in [0.25, 0.3) is 0 Å². The first-order valence-electron chi connectivity index (χ1n) is 9.00. The van der Waals surface area contributed by atoms with Crippen LogP contribution in [0.15, 0.2) is 30.3 Å². The van der Waals surface area contributed by atoms with E-state index in [9.17, 15) is 4.79 Å². The minimum Gasteiger partial charge on any atom is -0.453 e. The van der Waals surface area contributed by atoms with E-state index in [1.54, 1.807) is 4.90 Å². The molecule has 0 atom stereocenters.